The van der Waals surface area contributed by atoms with Crippen LogP contribution in [0, 0.1) is 0 Å². The Kier molecular flexibility index (Phi) is 7.30. The van der Waals surface area contributed by atoms with Gasteiger partial charge in [-0.2, -0.15) is 11.8 Å². The molecule has 0 saturated carbocycles. The van der Waals surface area contributed by atoms with E-state index in [-0.39, 0.29) is 0 Å². The number of hydrogen-bond acceptors (Lipinski definition) is 5. The number of thioether (sulfide) groups is 1. The summed E-state index contributed by atoms with van der Waals surface area (Å²) in [6.45, 7) is 3.69. The summed E-state index contributed by atoms with van der Waals surface area (Å²) in [5.74, 6) is 1.86. The zero-order chi connectivity index (χ0) is 14.3. The number of benzene rings is 1. The lowest BCUT2D eigenvalue weighted by molar-refractivity contribution is 0.210. The molecule has 0 aromatic heterocycles. The lowest BCUT2D eigenvalue weighted by atomic mass is 9.80. The second kappa shape index (κ2) is 8.48. The SMILES string of the molecule is CSCC(C)N(C)CCOc1ccc(B(O)O)cc1. The average molecular weight is 283 g/mol. The molecule has 1 unspecified atom stereocenters. The van der Waals surface area contributed by atoms with Crippen LogP contribution < -0.4 is 10.2 Å². The first-order valence-corrected chi connectivity index (χ1v) is 7.72. The van der Waals surface area contributed by atoms with Crippen LogP contribution in [0.5, 0.6) is 5.75 Å². The van der Waals surface area contributed by atoms with E-state index in [1.165, 1.54) is 0 Å². The highest BCUT2D eigenvalue weighted by Crippen LogP contribution is 2.08. The molecule has 4 nitrogen and oxygen atoms in total. The fourth-order valence-corrected chi connectivity index (χ4v) is 2.37. The van der Waals surface area contributed by atoms with Crippen LogP contribution >= 0.6 is 11.8 Å². The third-order valence-corrected chi connectivity index (χ3v) is 3.87. The lowest BCUT2D eigenvalue weighted by Gasteiger charge is -2.23. The Morgan fingerprint density at radius 2 is 1.95 bits per heavy atom. The normalized spacial score (nSPS) is 12.5. The summed E-state index contributed by atoms with van der Waals surface area (Å²) in [6, 6.07) is 7.34. The molecule has 2 N–H and O–H groups in total. The van der Waals surface area contributed by atoms with Crippen LogP contribution in [0.3, 0.4) is 0 Å². The Morgan fingerprint density at radius 1 is 1.32 bits per heavy atom. The van der Waals surface area contributed by atoms with Crippen LogP contribution in [-0.4, -0.2) is 60.3 Å². The molecular weight excluding hydrogens is 261 g/mol. The summed E-state index contributed by atoms with van der Waals surface area (Å²) in [5.41, 5.74) is 0.470. The fourth-order valence-electron chi connectivity index (χ4n) is 1.63. The van der Waals surface area contributed by atoms with Crippen LogP contribution in [0.4, 0.5) is 0 Å². The Bertz CT molecular complexity index is 361. The van der Waals surface area contributed by atoms with E-state index in [9.17, 15) is 0 Å². The number of nitrogens with zero attached hydrogens (tertiary/aromatic N) is 1. The van der Waals surface area contributed by atoms with E-state index < -0.39 is 7.12 Å². The number of rotatable bonds is 8. The molecule has 0 bridgehead atoms. The van der Waals surface area contributed by atoms with E-state index >= 15 is 0 Å². The predicted octanol–water partition coefficient (Wildman–Crippen LogP) is 0.429. The van der Waals surface area contributed by atoms with E-state index in [0.29, 0.717) is 18.1 Å². The molecule has 1 aromatic carbocycles. The molecule has 0 spiro atoms. The van der Waals surface area contributed by atoms with Crippen LogP contribution in [0.2, 0.25) is 0 Å². The molecule has 0 aliphatic heterocycles. The molecule has 0 radical (unpaired) electrons. The van der Waals surface area contributed by atoms with E-state index in [4.69, 9.17) is 14.8 Å². The summed E-state index contributed by atoms with van der Waals surface area (Å²) < 4.78 is 5.63. The van der Waals surface area contributed by atoms with Gasteiger partial charge < -0.3 is 14.8 Å². The van der Waals surface area contributed by atoms with Crippen molar-refractivity contribution in [2.45, 2.75) is 13.0 Å². The third-order valence-electron chi connectivity index (χ3n) is 3.05. The fraction of sp³-hybridized carbons (Fsp3) is 0.538. The van der Waals surface area contributed by atoms with Crippen molar-refractivity contribution < 1.29 is 14.8 Å². The molecular formula is C13H22BNO3S. The molecule has 0 amide bonds. The molecule has 1 aromatic rings. The first kappa shape index (κ1) is 16.4. The van der Waals surface area contributed by atoms with E-state index in [1.807, 2.05) is 11.8 Å². The van der Waals surface area contributed by atoms with Gasteiger partial charge in [0.2, 0.25) is 0 Å². The number of likely N-dealkylation sites (N-methyl/N-ethyl adjacent to an activating group) is 1. The molecule has 6 heteroatoms. The molecule has 106 valence electrons. The third kappa shape index (κ3) is 5.86. The maximum atomic E-state index is 8.98. The summed E-state index contributed by atoms with van der Waals surface area (Å²) in [5, 5.41) is 18.0. The van der Waals surface area contributed by atoms with Gasteiger partial charge >= 0.3 is 7.12 Å². The molecule has 0 saturated heterocycles. The molecule has 19 heavy (non-hydrogen) atoms. The van der Waals surface area contributed by atoms with Crippen LogP contribution in [-0.2, 0) is 0 Å². The zero-order valence-electron chi connectivity index (χ0n) is 11.7. The van der Waals surface area contributed by atoms with Gasteiger partial charge in [-0.1, -0.05) is 12.1 Å². The van der Waals surface area contributed by atoms with Crippen molar-refractivity contribution in [2.24, 2.45) is 0 Å². The Hall–Kier alpha value is -0.685. The Labute approximate surface area is 119 Å². The standard InChI is InChI=1S/C13H22BNO3S/c1-11(10-19-3)15(2)8-9-18-13-6-4-12(5-7-13)14(16)17/h4-7,11,16-17H,8-10H2,1-3H3. The zero-order valence-corrected chi connectivity index (χ0v) is 12.6. The molecule has 0 fully saturated rings. The van der Waals surface area contributed by atoms with Gasteiger partial charge in [0.1, 0.15) is 12.4 Å². The number of hydrogen-bond donors (Lipinski definition) is 2. The van der Waals surface area contributed by atoms with Gasteiger partial charge in [-0.15, -0.1) is 0 Å². The second-order valence-corrected chi connectivity index (χ2v) is 5.49. The van der Waals surface area contributed by atoms with Crippen molar-refractivity contribution in [1.29, 1.82) is 0 Å². The molecule has 0 aliphatic rings. The van der Waals surface area contributed by atoms with Gasteiger partial charge in [-0.3, -0.25) is 4.90 Å². The quantitative estimate of drug-likeness (QED) is 0.678. The summed E-state index contributed by atoms with van der Waals surface area (Å²) in [4.78, 5) is 2.27. The van der Waals surface area contributed by atoms with Crippen molar-refractivity contribution in [3.05, 3.63) is 24.3 Å². The molecule has 1 atom stereocenters. The first-order valence-electron chi connectivity index (χ1n) is 6.32. The Balaban J connectivity index is 2.32. The topological polar surface area (TPSA) is 52.9 Å². The smallest absolute Gasteiger partial charge is 0.488 e. The summed E-state index contributed by atoms with van der Waals surface area (Å²) in [6.07, 6.45) is 2.11. The monoisotopic (exact) mass is 283 g/mol. The highest BCUT2D eigenvalue weighted by molar-refractivity contribution is 7.98. The molecule has 0 heterocycles. The largest absolute Gasteiger partial charge is 0.492 e. The van der Waals surface area contributed by atoms with Crippen molar-refractivity contribution in [2.75, 3.05) is 32.2 Å². The second-order valence-electron chi connectivity index (χ2n) is 4.58. The maximum Gasteiger partial charge on any atom is 0.488 e. The highest BCUT2D eigenvalue weighted by atomic mass is 32.2. The van der Waals surface area contributed by atoms with Crippen molar-refractivity contribution in [3.63, 3.8) is 0 Å². The molecule has 1 rings (SSSR count). The average Bonchev–Trinajstić information content (AvgIpc) is 2.39. The summed E-state index contributed by atoms with van der Waals surface area (Å²) >= 11 is 1.84. The van der Waals surface area contributed by atoms with Crippen molar-refractivity contribution in [3.8, 4) is 5.75 Å². The van der Waals surface area contributed by atoms with E-state index in [1.54, 1.807) is 24.3 Å². The molecule has 0 aliphatic carbocycles. The Morgan fingerprint density at radius 3 is 2.47 bits per heavy atom. The maximum absolute atomic E-state index is 8.98. The van der Waals surface area contributed by atoms with E-state index in [0.717, 1.165) is 18.0 Å². The van der Waals surface area contributed by atoms with Gasteiger partial charge in [-0.25, -0.2) is 0 Å². The van der Waals surface area contributed by atoms with Crippen molar-refractivity contribution >= 4 is 24.3 Å². The van der Waals surface area contributed by atoms with Crippen LogP contribution in [0.15, 0.2) is 24.3 Å². The van der Waals surface area contributed by atoms with Gasteiger partial charge in [0.15, 0.2) is 0 Å². The summed E-state index contributed by atoms with van der Waals surface area (Å²) in [7, 11) is 0.669. The van der Waals surface area contributed by atoms with Gasteiger partial charge in [0.05, 0.1) is 0 Å². The minimum Gasteiger partial charge on any atom is -0.492 e. The van der Waals surface area contributed by atoms with Crippen LogP contribution in [0.1, 0.15) is 6.92 Å². The van der Waals surface area contributed by atoms with Gasteiger partial charge in [0.25, 0.3) is 0 Å². The van der Waals surface area contributed by atoms with Crippen molar-refractivity contribution in [1.82, 2.24) is 4.90 Å². The number of ether oxygens (including phenoxy) is 1. The first-order chi connectivity index (χ1) is 9.04. The van der Waals surface area contributed by atoms with Crippen LogP contribution in [0.25, 0.3) is 0 Å². The predicted molar refractivity (Wildman–Crippen MR) is 82.2 cm³/mol. The van der Waals surface area contributed by atoms with E-state index in [2.05, 4.69) is 25.1 Å². The van der Waals surface area contributed by atoms with Gasteiger partial charge in [-0.05, 0) is 37.8 Å². The lowest BCUT2D eigenvalue weighted by Crippen LogP contribution is -2.34. The van der Waals surface area contributed by atoms with Gasteiger partial charge in [0, 0.05) is 18.3 Å². The minimum atomic E-state index is -1.42. The minimum absolute atomic E-state index is 0.470. The highest BCUT2D eigenvalue weighted by Gasteiger charge is 2.10.